The summed E-state index contributed by atoms with van der Waals surface area (Å²) in [5.74, 6) is 0.0405. The number of benzene rings is 2. The maximum atomic E-state index is 13.6. The van der Waals surface area contributed by atoms with E-state index in [0.29, 0.717) is 32.4 Å². The third-order valence-electron chi connectivity index (χ3n) is 8.47. The van der Waals surface area contributed by atoms with Crippen LogP contribution >= 0.6 is 0 Å². The zero-order valence-electron chi connectivity index (χ0n) is 24.3. The molecule has 4 amide bonds. The van der Waals surface area contributed by atoms with E-state index >= 15 is 0 Å². The Kier molecular flexibility index (Phi) is 10.2. The number of nitrogens with zero attached hydrogens (tertiary/aromatic N) is 2. The molecule has 40 heavy (non-hydrogen) atoms. The highest BCUT2D eigenvalue weighted by molar-refractivity contribution is 6.00. The van der Waals surface area contributed by atoms with Crippen LogP contribution in [-0.4, -0.2) is 71.9 Å². The molecule has 3 N–H and O–H groups in total. The zero-order valence-corrected chi connectivity index (χ0v) is 24.3. The van der Waals surface area contributed by atoms with E-state index in [1.54, 1.807) is 0 Å². The number of hydrogen-bond acceptors (Lipinski definition) is 4. The molecule has 2 heterocycles. The Morgan fingerprint density at radius 2 is 1.75 bits per heavy atom. The second kappa shape index (κ2) is 13.8. The van der Waals surface area contributed by atoms with Gasteiger partial charge in [0.1, 0.15) is 11.6 Å². The predicted molar refractivity (Wildman–Crippen MR) is 159 cm³/mol. The normalized spacial score (nSPS) is 19.0. The summed E-state index contributed by atoms with van der Waals surface area (Å²) in [4.78, 5) is 43.6. The van der Waals surface area contributed by atoms with E-state index in [4.69, 9.17) is 0 Å². The summed E-state index contributed by atoms with van der Waals surface area (Å²) in [5.41, 5.74) is 3.66. The molecule has 2 aromatic rings. The maximum Gasteiger partial charge on any atom is 0.319 e. The molecule has 8 heteroatoms. The number of likely N-dealkylation sites (tertiary alicyclic amines) is 1. The minimum Gasteiger partial charge on any atom is -0.342 e. The first-order chi connectivity index (χ1) is 19.3. The van der Waals surface area contributed by atoms with Crippen LogP contribution in [0.3, 0.4) is 0 Å². The van der Waals surface area contributed by atoms with Crippen LogP contribution in [-0.2, 0) is 16.0 Å². The van der Waals surface area contributed by atoms with E-state index < -0.39 is 11.6 Å². The van der Waals surface area contributed by atoms with Gasteiger partial charge in [0.2, 0.25) is 11.8 Å². The Balaban J connectivity index is 1.23. The number of rotatable bonds is 11. The van der Waals surface area contributed by atoms with Crippen molar-refractivity contribution in [2.24, 2.45) is 0 Å². The number of aryl methyl sites for hydroxylation is 2. The Bertz CT molecular complexity index is 1160. The molecular formula is C32H45N5O3. The van der Waals surface area contributed by atoms with Gasteiger partial charge in [-0.25, -0.2) is 4.79 Å². The molecule has 8 nitrogen and oxygen atoms in total. The van der Waals surface area contributed by atoms with Gasteiger partial charge in [0, 0.05) is 38.4 Å². The first-order valence-electron chi connectivity index (χ1n) is 14.8. The molecule has 2 fully saturated rings. The topological polar surface area (TPSA) is 93.8 Å². The number of carbonyl (C=O) groups excluding carboxylic acids is 3. The number of piperidine rings is 1. The van der Waals surface area contributed by atoms with E-state index in [0.717, 1.165) is 56.6 Å². The van der Waals surface area contributed by atoms with Crippen LogP contribution in [0, 0.1) is 13.8 Å². The molecule has 2 aliphatic rings. The highest BCUT2D eigenvalue weighted by Gasteiger charge is 2.52. The van der Waals surface area contributed by atoms with E-state index in [1.165, 1.54) is 11.1 Å². The lowest BCUT2D eigenvalue weighted by Gasteiger charge is -2.51. The Morgan fingerprint density at radius 1 is 1.00 bits per heavy atom. The minimum atomic E-state index is -0.735. The van der Waals surface area contributed by atoms with Crippen molar-refractivity contribution in [3.8, 4) is 0 Å². The van der Waals surface area contributed by atoms with E-state index in [2.05, 4.69) is 52.0 Å². The quantitative estimate of drug-likeness (QED) is 0.364. The van der Waals surface area contributed by atoms with Gasteiger partial charge in [-0.3, -0.25) is 9.59 Å². The number of amides is 4. The van der Waals surface area contributed by atoms with Crippen molar-refractivity contribution in [1.82, 2.24) is 20.4 Å². The molecule has 216 valence electrons. The van der Waals surface area contributed by atoms with Crippen LogP contribution in [0.15, 0.2) is 48.5 Å². The van der Waals surface area contributed by atoms with Gasteiger partial charge in [0.15, 0.2) is 0 Å². The van der Waals surface area contributed by atoms with Crippen LogP contribution < -0.4 is 16.0 Å². The zero-order chi connectivity index (χ0) is 28.5. The van der Waals surface area contributed by atoms with Crippen molar-refractivity contribution < 1.29 is 14.4 Å². The number of carbonyl (C=O) groups is 3. The molecule has 2 saturated heterocycles. The van der Waals surface area contributed by atoms with Gasteiger partial charge in [-0.1, -0.05) is 43.3 Å². The van der Waals surface area contributed by atoms with Gasteiger partial charge in [0.05, 0.1) is 0 Å². The highest BCUT2D eigenvalue weighted by atomic mass is 16.2. The Labute approximate surface area is 238 Å². The molecule has 0 saturated carbocycles. The van der Waals surface area contributed by atoms with Crippen molar-refractivity contribution in [2.45, 2.75) is 77.3 Å². The molecule has 0 unspecified atom stereocenters. The number of piperazine rings is 1. The molecule has 0 aromatic heterocycles. The molecule has 2 aliphatic heterocycles. The van der Waals surface area contributed by atoms with E-state index in [9.17, 15) is 14.4 Å². The molecular weight excluding hydrogens is 502 g/mol. The second-order valence-electron chi connectivity index (χ2n) is 11.3. The number of hydrogen-bond donors (Lipinski definition) is 3. The van der Waals surface area contributed by atoms with Crippen molar-refractivity contribution in [3.63, 3.8) is 0 Å². The van der Waals surface area contributed by atoms with Crippen LogP contribution in [0.2, 0.25) is 0 Å². The SMILES string of the molecule is CCCN1C(=O)[C@H](CCCCNC(=O)Nc2ccc(C)c(C)c2)NC(=O)C12CCN(CCc1ccccc1)CC2. The molecule has 0 bridgehead atoms. The first kappa shape index (κ1) is 29.6. The van der Waals surface area contributed by atoms with Gasteiger partial charge >= 0.3 is 6.03 Å². The highest BCUT2D eigenvalue weighted by Crippen LogP contribution is 2.34. The average molecular weight is 548 g/mol. The fourth-order valence-electron chi connectivity index (χ4n) is 5.86. The van der Waals surface area contributed by atoms with Crippen LogP contribution in [0.4, 0.5) is 10.5 Å². The predicted octanol–water partition coefficient (Wildman–Crippen LogP) is 4.41. The molecule has 0 radical (unpaired) electrons. The summed E-state index contributed by atoms with van der Waals surface area (Å²) in [6.45, 7) is 9.82. The van der Waals surface area contributed by atoms with Crippen molar-refractivity contribution in [1.29, 1.82) is 0 Å². The third-order valence-corrected chi connectivity index (χ3v) is 8.47. The van der Waals surface area contributed by atoms with E-state index in [-0.39, 0.29) is 17.8 Å². The van der Waals surface area contributed by atoms with Gasteiger partial charge in [-0.15, -0.1) is 0 Å². The molecule has 4 rings (SSSR count). The van der Waals surface area contributed by atoms with Gasteiger partial charge in [0.25, 0.3) is 0 Å². The largest absolute Gasteiger partial charge is 0.342 e. The Hall–Kier alpha value is -3.39. The lowest BCUT2D eigenvalue weighted by Crippen LogP contribution is -2.72. The van der Waals surface area contributed by atoms with Crippen LogP contribution in [0.5, 0.6) is 0 Å². The van der Waals surface area contributed by atoms with Gasteiger partial charge in [-0.2, -0.15) is 0 Å². The summed E-state index contributed by atoms with van der Waals surface area (Å²) >= 11 is 0. The fourth-order valence-corrected chi connectivity index (χ4v) is 5.86. The summed E-state index contributed by atoms with van der Waals surface area (Å²) < 4.78 is 0. The van der Waals surface area contributed by atoms with Crippen molar-refractivity contribution >= 4 is 23.5 Å². The standard InChI is InChI=1S/C32H45N5O3/c1-4-19-37-29(38)28(12-8-9-18-33-31(40)34-27-14-13-24(2)25(3)23-27)35-30(39)32(37)16-21-36(22-17-32)20-15-26-10-6-5-7-11-26/h5-7,10-11,13-14,23,28H,4,8-9,12,15-22H2,1-3H3,(H,35,39)(H2,33,34,40)/t28-/m0/s1. The number of unbranched alkanes of at least 4 members (excludes halogenated alkanes) is 1. The summed E-state index contributed by atoms with van der Waals surface area (Å²) in [6.07, 6.45) is 5.20. The lowest BCUT2D eigenvalue weighted by molar-refractivity contribution is -0.161. The third kappa shape index (κ3) is 7.22. The molecule has 1 atom stereocenters. The lowest BCUT2D eigenvalue weighted by atomic mass is 9.81. The summed E-state index contributed by atoms with van der Waals surface area (Å²) in [6, 6.07) is 15.6. The minimum absolute atomic E-state index is 0.000784. The molecule has 1 spiro atoms. The smallest absolute Gasteiger partial charge is 0.319 e. The average Bonchev–Trinajstić information content (AvgIpc) is 2.96. The summed E-state index contributed by atoms with van der Waals surface area (Å²) in [7, 11) is 0. The van der Waals surface area contributed by atoms with E-state index in [1.807, 2.05) is 43.0 Å². The number of anilines is 1. The van der Waals surface area contributed by atoms with Crippen molar-refractivity contribution in [2.75, 3.05) is 38.0 Å². The van der Waals surface area contributed by atoms with Gasteiger partial charge < -0.3 is 25.8 Å². The van der Waals surface area contributed by atoms with Gasteiger partial charge in [-0.05, 0) is 87.6 Å². The van der Waals surface area contributed by atoms with Crippen LogP contribution in [0.1, 0.15) is 62.1 Å². The maximum absolute atomic E-state index is 13.6. The monoisotopic (exact) mass is 547 g/mol. The Morgan fingerprint density at radius 3 is 2.45 bits per heavy atom. The first-order valence-corrected chi connectivity index (χ1v) is 14.8. The number of urea groups is 1. The van der Waals surface area contributed by atoms with Crippen LogP contribution in [0.25, 0.3) is 0 Å². The fraction of sp³-hybridized carbons (Fsp3) is 0.531. The second-order valence-corrected chi connectivity index (χ2v) is 11.3. The summed E-state index contributed by atoms with van der Waals surface area (Å²) in [5, 5.41) is 8.83. The number of nitrogens with one attached hydrogen (secondary N) is 3. The molecule has 2 aromatic carbocycles. The van der Waals surface area contributed by atoms with Crippen molar-refractivity contribution in [3.05, 3.63) is 65.2 Å². The molecule has 0 aliphatic carbocycles.